The molecule has 0 amide bonds. The van der Waals surface area contributed by atoms with Crippen molar-refractivity contribution in [3.63, 3.8) is 0 Å². The average molecular weight is 278 g/mol. The Morgan fingerprint density at radius 3 is 2.35 bits per heavy atom. The molecule has 1 aromatic heterocycles. The van der Waals surface area contributed by atoms with Crippen molar-refractivity contribution in [3.8, 4) is 0 Å². The lowest BCUT2D eigenvalue weighted by molar-refractivity contribution is 0.613. The minimum atomic E-state index is 0.338. The highest BCUT2D eigenvalue weighted by atomic mass is 15.1. The van der Waals surface area contributed by atoms with Crippen molar-refractivity contribution in [2.45, 2.75) is 72.3 Å². The topological polar surface area (TPSA) is 49.8 Å². The predicted octanol–water partition coefficient (Wildman–Crippen LogP) is 4.41. The summed E-state index contributed by atoms with van der Waals surface area (Å²) in [7, 11) is 0. The molecule has 0 spiro atoms. The van der Waals surface area contributed by atoms with Crippen LogP contribution in [0.3, 0.4) is 0 Å². The van der Waals surface area contributed by atoms with Crippen LogP contribution in [0, 0.1) is 0 Å². The van der Waals surface area contributed by atoms with Crippen molar-refractivity contribution in [1.29, 1.82) is 0 Å². The monoisotopic (exact) mass is 278 g/mol. The van der Waals surface area contributed by atoms with E-state index in [0.29, 0.717) is 12.0 Å². The fourth-order valence-electron chi connectivity index (χ4n) is 2.09. The van der Waals surface area contributed by atoms with Gasteiger partial charge in [-0.05, 0) is 20.3 Å². The van der Waals surface area contributed by atoms with E-state index in [1.807, 2.05) is 6.07 Å². The number of nitrogens with one attached hydrogen (secondary N) is 2. The van der Waals surface area contributed by atoms with Crippen LogP contribution in [0.15, 0.2) is 6.07 Å². The van der Waals surface area contributed by atoms with Gasteiger partial charge in [-0.25, -0.2) is 9.97 Å². The number of hydrogen-bond acceptors (Lipinski definition) is 4. The second-order valence-corrected chi connectivity index (χ2v) is 5.72. The Bertz CT molecular complexity index is 390. The van der Waals surface area contributed by atoms with E-state index in [1.165, 1.54) is 25.7 Å². The molecule has 1 atom stereocenters. The van der Waals surface area contributed by atoms with Gasteiger partial charge in [-0.15, -0.1) is 0 Å². The van der Waals surface area contributed by atoms with E-state index in [-0.39, 0.29) is 0 Å². The van der Waals surface area contributed by atoms with E-state index in [0.717, 1.165) is 24.0 Å². The molecule has 20 heavy (non-hydrogen) atoms. The number of nitrogens with zero attached hydrogens (tertiary/aromatic N) is 2. The predicted molar refractivity (Wildman–Crippen MR) is 87.5 cm³/mol. The molecule has 114 valence electrons. The van der Waals surface area contributed by atoms with Crippen molar-refractivity contribution in [2.24, 2.45) is 0 Å². The maximum absolute atomic E-state index is 4.62. The molecule has 0 fully saturated rings. The third-order valence-corrected chi connectivity index (χ3v) is 3.25. The van der Waals surface area contributed by atoms with Gasteiger partial charge in [0.05, 0.1) is 0 Å². The van der Waals surface area contributed by atoms with Crippen molar-refractivity contribution >= 4 is 11.6 Å². The van der Waals surface area contributed by atoms with Crippen LogP contribution in [-0.4, -0.2) is 22.6 Å². The summed E-state index contributed by atoms with van der Waals surface area (Å²) in [6, 6.07) is 2.46. The van der Waals surface area contributed by atoms with Crippen LogP contribution in [0.1, 0.15) is 72.0 Å². The summed E-state index contributed by atoms with van der Waals surface area (Å²) in [6.45, 7) is 11.7. The molecule has 0 aliphatic heterocycles. The number of rotatable bonds is 9. The van der Waals surface area contributed by atoms with Crippen LogP contribution in [0.2, 0.25) is 0 Å². The van der Waals surface area contributed by atoms with Crippen LogP contribution >= 0.6 is 0 Å². The Labute approximate surface area is 123 Å². The molecule has 0 aromatic carbocycles. The minimum absolute atomic E-state index is 0.338. The second kappa shape index (κ2) is 8.77. The third kappa shape index (κ3) is 5.76. The Hall–Kier alpha value is -1.32. The molecule has 0 saturated carbocycles. The van der Waals surface area contributed by atoms with Crippen LogP contribution in [-0.2, 0) is 0 Å². The zero-order valence-corrected chi connectivity index (χ0v) is 13.7. The van der Waals surface area contributed by atoms with Gasteiger partial charge in [0.15, 0.2) is 0 Å². The van der Waals surface area contributed by atoms with Crippen molar-refractivity contribution in [2.75, 3.05) is 17.2 Å². The molecule has 1 aromatic rings. The van der Waals surface area contributed by atoms with Crippen LogP contribution in [0.5, 0.6) is 0 Å². The van der Waals surface area contributed by atoms with Crippen molar-refractivity contribution in [1.82, 2.24) is 9.97 Å². The maximum atomic E-state index is 4.62. The first-order chi connectivity index (χ1) is 9.56. The lowest BCUT2D eigenvalue weighted by Gasteiger charge is -2.17. The lowest BCUT2D eigenvalue weighted by Crippen LogP contribution is -2.17. The molecule has 1 heterocycles. The summed E-state index contributed by atoms with van der Waals surface area (Å²) in [5, 5.41) is 6.78. The Balaban J connectivity index is 2.72. The molecule has 0 aliphatic carbocycles. The number of hydrogen-bond donors (Lipinski definition) is 2. The van der Waals surface area contributed by atoms with Gasteiger partial charge in [0, 0.05) is 24.6 Å². The number of unbranched alkanes of at least 4 members (excludes halogenated alkanes) is 2. The van der Waals surface area contributed by atoms with Gasteiger partial charge in [0.25, 0.3) is 0 Å². The van der Waals surface area contributed by atoms with Gasteiger partial charge in [0.1, 0.15) is 17.5 Å². The maximum Gasteiger partial charge on any atom is 0.135 e. The Morgan fingerprint density at radius 2 is 1.75 bits per heavy atom. The van der Waals surface area contributed by atoms with Gasteiger partial charge in [0.2, 0.25) is 0 Å². The summed E-state index contributed by atoms with van der Waals surface area (Å²) in [5.74, 6) is 3.08. The van der Waals surface area contributed by atoms with Crippen molar-refractivity contribution in [3.05, 3.63) is 11.9 Å². The molecule has 0 aliphatic rings. The fourth-order valence-corrected chi connectivity index (χ4v) is 2.09. The third-order valence-electron chi connectivity index (χ3n) is 3.25. The van der Waals surface area contributed by atoms with E-state index in [1.54, 1.807) is 0 Å². The molecule has 0 saturated heterocycles. The molecule has 1 unspecified atom stereocenters. The highest BCUT2D eigenvalue weighted by Crippen LogP contribution is 2.18. The van der Waals surface area contributed by atoms with E-state index >= 15 is 0 Å². The van der Waals surface area contributed by atoms with Gasteiger partial charge in [-0.2, -0.15) is 0 Å². The first-order valence-corrected chi connectivity index (χ1v) is 7.96. The van der Waals surface area contributed by atoms with Gasteiger partial charge in [-0.1, -0.05) is 40.0 Å². The first kappa shape index (κ1) is 16.7. The average Bonchev–Trinajstić information content (AvgIpc) is 2.39. The summed E-state index contributed by atoms with van der Waals surface area (Å²) in [5.41, 5.74) is 0. The number of aromatic nitrogens is 2. The molecule has 4 nitrogen and oxygen atoms in total. The SMILES string of the molecule is CCCCCC(C)Nc1cc(NCC)nc(C(C)C)n1. The van der Waals surface area contributed by atoms with Crippen LogP contribution in [0.4, 0.5) is 11.6 Å². The van der Waals surface area contributed by atoms with Gasteiger partial charge < -0.3 is 10.6 Å². The molecule has 0 bridgehead atoms. The summed E-state index contributed by atoms with van der Waals surface area (Å²) >= 11 is 0. The van der Waals surface area contributed by atoms with E-state index < -0.39 is 0 Å². The largest absolute Gasteiger partial charge is 0.370 e. The zero-order chi connectivity index (χ0) is 15.0. The molecular formula is C16H30N4. The number of anilines is 2. The minimum Gasteiger partial charge on any atom is -0.370 e. The van der Waals surface area contributed by atoms with E-state index in [9.17, 15) is 0 Å². The fraction of sp³-hybridized carbons (Fsp3) is 0.750. The molecule has 0 radical (unpaired) electrons. The van der Waals surface area contributed by atoms with Gasteiger partial charge >= 0.3 is 0 Å². The molecule has 1 rings (SSSR count). The molecule has 2 N–H and O–H groups in total. The zero-order valence-electron chi connectivity index (χ0n) is 13.7. The summed E-state index contributed by atoms with van der Waals surface area (Å²) < 4.78 is 0. The van der Waals surface area contributed by atoms with Crippen LogP contribution < -0.4 is 10.6 Å². The summed E-state index contributed by atoms with van der Waals surface area (Å²) in [4.78, 5) is 9.16. The quantitative estimate of drug-likeness (QED) is 0.657. The first-order valence-electron chi connectivity index (χ1n) is 7.96. The van der Waals surface area contributed by atoms with E-state index in [2.05, 4.69) is 55.2 Å². The van der Waals surface area contributed by atoms with E-state index in [4.69, 9.17) is 0 Å². The second-order valence-electron chi connectivity index (χ2n) is 5.72. The standard InChI is InChI=1S/C16H30N4/c1-6-8-9-10-13(5)18-15-11-14(17-7-2)19-16(20-15)12(3)4/h11-13H,6-10H2,1-5H3,(H2,17,18,19,20). The summed E-state index contributed by atoms with van der Waals surface area (Å²) in [6.07, 6.45) is 5.02. The smallest absolute Gasteiger partial charge is 0.135 e. The molecular weight excluding hydrogens is 248 g/mol. The van der Waals surface area contributed by atoms with Crippen LogP contribution in [0.25, 0.3) is 0 Å². The lowest BCUT2D eigenvalue weighted by atomic mass is 10.1. The van der Waals surface area contributed by atoms with Crippen molar-refractivity contribution < 1.29 is 0 Å². The highest BCUT2D eigenvalue weighted by Gasteiger charge is 2.09. The molecule has 4 heteroatoms. The van der Waals surface area contributed by atoms with Gasteiger partial charge in [-0.3, -0.25) is 0 Å². The normalized spacial score (nSPS) is 12.5. The highest BCUT2D eigenvalue weighted by molar-refractivity contribution is 5.48. The Kier molecular flexibility index (Phi) is 7.34. The Morgan fingerprint density at radius 1 is 1.05 bits per heavy atom.